The van der Waals surface area contributed by atoms with E-state index in [2.05, 4.69) is 22.9 Å². The Labute approximate surface area is 172 Å². The molecule has 2 heterocycles. The highest BCUT2D eigenvalue weighted by Crippen LogP contribution is 2.45. The lowest BCUT2D eigenvalue weighted by atomic mass is 10.1. The van der Waals surface area contributed by atoms with E-state index in [4.69, 9.17) is 12.2 Å². The van der Waals surface area contributed by atoms with Crippen LogP contribution in [0.4, 0.5) is 5.69 Å². The number of nitrogens with zero attached hydrogens (tertiary/aromatic N) is 2. The second-order valence-corrected chi connectivity index (χ2v) is 8.91. The summed E-state index contributed by atoms with van der Waals surface area (Å²) in [4.78, 5) is 29.9. The van der Waals surface area contributed by atoms with E-state index in [0.29, 0.717) is 27.9 Å². The zero-order valence-electron chi connectivity index (χ0n) is 14.9. The van der Waals surface area contributed by atoms with E-state index in [1.165, 1.54) is 11.8 Å². The highest BCUT2D eigenvalue weighted by Gasteiger charge is 2.41. The van der Waals surface area contributed by atoms with Crippen molar-refractivity contribution in [1.82, 2.24) is 4.90 Å². The lowest BCUT2D eigenvalue weighted by Gasteiger charge is -2.16. The number of anilines is 1. The summed E-state index contributed by atoms with van der Waals surface area (Å²) in [6.07, 6.45) is 3.94. The van der Waals surface area contributed by atoms with Crippen LogP contribution in [0.2, 0.25) is 0 Å². The van der Waals surface area contributed by atoms with E-state index in [-0.39, 0.29) is 11.8 Å². The van der Waals surface area contributed by atoms with E-state index >= 15 is 0 Å². The fourth-order valence-electron chi connectivity index (χ4n) is 3.23. The number of fused-ring (bicyclic) bond motifs is 1. The van der Waals surface area contributed by atoms with Crippen LogP contribution in [0.3, 0.4) is 0 Å². The van der Waals surface area contributed by atoms with E-state index in [1.807, 2.05) is 25.1 Å². The maximum Gasteiger partial charge on any atom is 0.267 e. The first-order chi connectivity index (χ1) is 12.5. The zero-order valence-corrected chi connectivity index (χ0v) is 18.1. The average Bonchev–Trinajstić information content (AvgIpc) is 3.03. The van der Waals surface area contributed by atoms with Gasteiger partial charge in [0.05, 0.1) is 16.2 Å². The smallest absolute Gasteiger partial charge is 0.267 e. The van der Waals surface area contributed by atoms with Crippen molar-refractivity contribution in [2.45, 2.75) is 39.5 Å². The van der Waals surface area contributed by atoms with Crippen LogP contribution in [0.5, 0.6) is 0 Å². The molecule has 1 aromatic carbocycles. The van der Waals surface area contributed by atoms with Gasteiger partial charge in [-0.05, 0) is 31.0 Å². The van der Waals surface area contributed by atoms with Crippen molar-refractivity contribution in [2.75, 3.05) is 18.0 Å². The van der Waals surface area contributed by atoms with Gasteiger partial charge >= 0.3 is 0 Å². The maximum atomic E-state index is 13.2. The van der Waals surface area contributed by atoms with Crippen molar-refractivity contribution < 1.29 is 9.59 Å². The number of benzene rings is 1. The minimum absolute atomic E-state index is 0.0915. The van der Waals surface area contributed by atoms with Crippen molar-refractivity contribution in [2.24, 2.45) is 0 Å². The molecule has 2 aliphatic rings. The van der Waals surface area contributed by atoms with Gasteiger partial charge in [0.1, 0.15) is 4.32 Å². The van der Waals surface area contributed by atoms with Crippen LogP contribution in [0, 0.1) is 0 Å². The van der Waals surface area contributed by atoms with Gasteiger partial charge in [-0.25, -0.2) is 0 Å². The quantitative estimate of drug-likeness (QED) is 0.347. The lowest BCUT2D eigenvalue weighted by Crippen LogP contribution is -2.30. The number of unbranched alkanes of at least 4 members (excludes halogenated alkanes) is 2. The molecular formula is C19H21BrN2O2S2. The predicted octanol–water partition coefficient (Wildman–Crippen LogP) is 4.97. The third kappa shape index (κ3) is 3.49. The minimum Gasteiger partial charge on any atom is -0.308 e. The summed E-state index contributed by atoms with van der Waals surface area (Å²) in [7, 11) is 0. The first kappa shape index (κ1) is 19.6. The highest BCUT2D eigenvalue weighted by atomic mass is 79.9. The van der Waals surface area contributed by atoms with Crippen LogP contribution in [0.15, 0.2) is 27.6 Å². The number of halogens is 1. The van der Waals surface area contributed by atoms with Crippen LogP contribution in [-0.4, -0.2) is 34.1 Å². The molecule has 1 aromatic rings. The van der Waals surface area contributed by atoms with Gasteiger partial charge in [0.25, 0.3) is 11.8 Å². The SMILES string of the molecule is CCCCCN1C(=O)/C(=C2\SC(=S)N(CCC)C2=O)c2cc(Br)ccc21. The van der Waals surface area contributed by atoms with Crippen molar-refractivity contribution in [1.29, 1.82) is 0 Å². The van der Waals surface area contributed by atoms with E-state index < -0.39 is 0 Å². The van der Waals surface area contributed by atoms with Crippen LogP contribution in [0.25, 0.3) is 5.57 Å². The van der Waals surface area contributed by atoms with Gasteiger partial charge in [-0.3, -0.25) is 14.5 Å². The molecule has 0 radical (unpaired) electrons. The molecule has 0 aliphatic carbocycles. The van der Waals surface area contributed by atoms with E-state index in [9.17, 15) is 9.59 Å². The summed E-state index contributed by atoms with van der Waals surface area (Å²) in [6.45, 7) is 5.40. The molecule has 0 bridgehead atoms. The number of thioether (sulfide) groups is 1. The Hall–Kier alpha value is -1.18. The standard InChI is InChI=1S/C19H21BrN2O2S2/c1-3-5-6-10-21-14-8-7-12(20)11-13(14)15(17(21)23)16-18(24)22(9-4-2)19(25)26-16/h7-8,11H,3-6,9-10H2,1-2H3/b16-15-. The van der Waals surface area contributed by atoms with Crippen LogP contribution in [-0.2, 0) is 9.59 Å². The van der Waals surface area contributed by atoms with Crippen LogP contribution in [0.1, 0.15) is 45.1 Å². The second-order valence-electron chi connectivity index (χ2n) is 6.35. The molecule has 0 N–H and O–H groups in total. The topological polar surface area (TPSA) is 40.6 Å². The summed E-state index contributed by atoms with van der Waals surface area (Å²) in [6, 6.07) is 5.81. The van der Waals surface area contributed by atoms with Crippen LogP contribution >= 0.6 is 39.9 Å². The van der Waals surface area contributed by atoms with Gasteiger partial charge < -0.3 is 4.90 Å². The van der Waals surface area contributed by atoms with Crippen molar-refractivity contribution >= 4 is 67.3 Å². The lowest BCUT2D eigenvalue weighted by molar-refractivity contribution is -0.122. The third-order valence-corrected chi connectivity index (χ3v) is 6.43. The van der Waals surface area contributed by atoms with Gasteiger partial charge in [0.2, 0.25) is 0 Å². The Morgan fingerprint density at radius 3 is 2.50 bits per heavy atom. The molecule has 0 unspecified atom stereocenters. The number of rotatable bonds is 6. The molecule has 3 rings (SSSR count). The normalized spacial score (nSPS) is 19.7. The second kappa shape index (κ2) is 8.23. The number of hydrogen-bond donors (Lipinski definition) is 0. The third-order valence-electron chi connectivity index (χ3n) is 4.49. The highest BCUT2D eigenvalue weighted by molar-refractivity contribution is 9.10. The monoisotopic (exact) mass is 452 g/mol. The number of amides is 2. The first-order valence-electron chi connectivity index (χ1n) is 8.89. The summed E-state index contributed by atoms with van der Waals surface area (Å²) in [5, 5.41) is 0. The van der Waals surface area contributed by atoms with E-state index in [1.54, 1.807) is 9.80 Å². The molecule has 26 heavy (non-hydrogen) atoms. The molecule has 0 aromatic heterocycles. The molecule has 0 spiro atoms. The summed E-state index contributed by atoms with van der Waals surface area (Å²) in [5.74, 6) is -0.238. The largest absolute Gasteiger partial charge is 0.308 e. The fourth-order valence-corrected chi connectivity index (χ4v) is 4.97. The molecular weight excluding hydrogens is 432 g/mol. The van der Waals surface area contributed by atoms with Crippen molar-refractivity contribution in [3.05, 3.63) is 33.1 Å². The van der Waals surface area contributed by atoms with Crippen molar-refractivity contribution in [3.63, 3.8) is 0 Å². The molecule has 0 atom stereocenters. The van der Waals surface area contributed by atoms with Crippen LogP contribution < -0.4 is 4.90 Å². The first-order valence-corrected chi connectivity index (χ1v) is 10.9. The molecule has 4 nitrogen and oxygen atoms in total. The van der Waals surface area contributed by atoms with E-state index in [0.717, 1.165) is 41.4 Å². The summed E-state index contributed by atoms with van der Waals surface area (Å²) in [5.41, 5.74) is 2.19. The molecule has 0 saturated carbocycles. The molecule has 2 aliphatic heterocycles. The maximum absolute atomic E-state index is 13.2. The van der Waals surface area contributed by atoms with Crippen molar-refractivity contribution in [3.8, 4) is 0 Å². The fraction of sp³-hybridized carbons (Fsp3) is 0.421. The number of hydrogen-bond acceptors (Lipinski definition) is 4. The Balaban J connectivity index is 2.05. The number of carbonyl (C=O) groups excluding carboxylic acids is 2. The predicted molar refractivity (Wildman–Crippen MR) is 115 cm³/mol. The van der Waals surface area contributed by atoms with Gasteiger partial charge in [-0.1, -0.05) is 66.6 Å². The molecule has 7 heteroatoms. The Kier molecular flexibility index (Phi) is 6.20. The van der Waals surface area contributed by atoms with Gasteiger partial charge in [0, 0.05) is 23.1 Å². The Bertz CT molecular complexity index is 807. The Morgan fingerprint density at radius 2 is 1.81 bits per heavy atom. The minimum atomic E-state index is -0.147. The number of carbonyl (C=O) groups is 2. The zero-order chi connectivity index (χ0) is 18.8. The number of thiocarbonyl (C=S) groups is 1. The van der Waals surface area contributed by atoms with Gasteiger partial charge in [0.15, 0.2) is 0 Å². The molecule has 2 amide bonds. The average molecular weight is 453 g/mol. The van der Waals surface area contributed by atoms with Gasteiger partial charge in [-0.2, -0.15) is 0 Å². The summed E-state index contributed by atoms with van der Waals surface area (Å²) >= 11 is 10.1. The van der Waals surface area contributed by atoms with Gasteiger partial charge in [-0.15, -0.1) is 0 Å². The molecule has 1 fully saturated rings. The molecule has 138 valence electrons. The Morgan fingerprint density at radius 1 is 1.04 bits per heavy atom. The summed E-state index contributed by atoms with van der Waals surface area (Å²) < 4.78 is 1.43. The molecule has 1 saturated heterocycles.